The minimum Gasteiger partial charge on any atom is -0.444 e. The largest absolute Gasteiger partial charge is 0.444 e. The van der Waals surface area contributed by atoms with Crippen LogP contribution >= 0.6 is 0 Å². The highest BCUT2D eigenvalue weighted by Crippen LogP contribution is 2.22. The normalized spacial score (nSPS) is 20.7. The Balaban J connectivity index is 0.000000193. The van der Waals surface area contributed by atoms with Crippen LogP contribution in [0.25, 0.3) is 0 Å². The molecule has 0 radical (unpaired) electrons. The number of carbonyl (C=O) groups is 1. The van der Waals surface area contributed by atoms with Gasteiger partial charge < -0.3 is 24.4 Å². The molecule has 2 atom stereocenters. The lowest BCUT2D eigenvalue weighted by molar-refractivity contribution is 0.0274. The van der Waals surface area contributed by atoms with E-state index in [-0.39, 0.29) is 6.09 Å². The second-order valence-corrected chi connectivity index (χ2v) is 15.0. The van der Waals surface area contributed by atoms with E-state index in [2.05, 4.69) is 29.6 Å². The summed E-state index contributed by atoms with van der Waals surface area (Å²) in [6.07, 6.45) is 16.1. The number of carbonyl (C=O) groups excluding carboxylic acids is 1. The Labute approximate surface area is 283 Å². The molecule has 2 aliphatic heterocycles. The zero-order valence-corrected chi connectivity index (χ0v) is 29.5. The molecule has 2 saturated heterocycles. The van der Waals surface area contributed by atoms with E-state index in [1.165, 1.54) is 85.3 Å². The third-order valence-corrected chi connectivity index (χ3v) is 9.72. The summed E-state index contributed by atoms with van der Waals surface area (Å²) in [5.41, 5.74) is 7.59. The highest BCUT2D eigenvalue weighted by atomic mass is 16.6. The Morgan fingerprint density at radius 3 is 1.94 bits per heavy atom. The summed E-state index contributed by atoms with van der Waals surface area (Å²) < 4.78 is 17.1. The molecule has 8 nitrogen and oxygen atoms in total. The fourth-order valence-electron chi connectivity index (χ4n) is 7.06. The van der Waals surface area contributed by atoms with Gasteiger partial charge in [0.1, 0.15) is 5.60 Å². The van der Waals surface area contributed by atoms with Gasteiger partial charge in [0.2, 0.25) is 0 Å². The van der Waals surface area contributed by atoms with E-state index in [1.54, 1.807) is 4.90 Å². The molecule has 4 heterocycles. The summed E-state index contributed by atoms with van der Waals surface area (Å²) in [6, 6.07) is 8.95. The van der Waals surface area contributed by atoms with Gasteiger partial charge in [-0.1, -0.05) is 12.1 Å². The Hall–Kier alpha value is -2.55. The number of fused-ring (bicyclic) bond motifs is 2. The summed E-state index contributed by atoms with van der Waals surface area (Å²) in [5.74, 6) is 1.15. The van der Waals surface area contributed by atoms with Gasteiger partial charge in [0.05, 0.1) is 13.2 Å². The van der Waals surface area contributed by atoms with Crippen LogP contribution < -0.4 is 5.32 Å². The summed E-state index contributed by atoms with van der Waals surface area (Å²) in [4.78, 5) is 23.6. The standard InChI is InChI=1S/C22H34N2O3.C17H26N2O/c1-22(2,3)27-21(25)24-13-12-17(15-24)16-26-14-6-8-19-11-10-18-7-4-5-9-20(18)23-19;1-2-6-17-15(4-1)7-8-16(19-17)5-3-11-20-13-14-9-10-18-12-14/h10-11,17H,4-9,12-16H2,1-3H3;7-8,14,18H,1-6,9-13H2/t17-;14-/m11/s1. The maximum absolute atomic E-state index is 12.1. The van der Waals surface area contributed by atoms with Crippen LogP contribution in [0.15, 0.2) is 24.3 Å². The lowest BCUT2D eigenvalue weighted by Gasteiger charge is -2.24. The maximum Gasteiger partial charge on any atom is 0.410 e. The number of ether oxygens (including phenoxy) is 3. The first-order valence-corrected chi connectivity index (χ1v) is 18.6. The van der Waals surface area contributed by atoms with E-state index in [4.69, 9.17) is 24.2 Å². The SMILES string of the molecule is CC(C)(C)OC(=O)N1CC[C@@H](COCCCc2ccc3c(n2)CCCC3)C1.c1cc2c(nc1CCCOC[C@@H]1CCNC1)CCCC2. The minimum absolute atomic E-state index is 0.205. The van der Waals surface area contributed by atoms with Gasteiger partial charge in [0.25, 0.3) is 0 Å². The number of nitrogens with one attached hydrogen (secondary N) is 1. The van der Waals surface area contributed by atoms with Gasteiger partial charge in [-0.25, -0.2) is 4.79 Å². The number of nitrogens with zero attached hydrogens (tertiary/aromatic N) is 3. The molecular formula is C39H60N4O4. The molecule has 0 aromatic carbocycles. The topological polar surface area (TPSA) is 85.8 Å². The fourth-order valence-corrected chi connectivity index (χ4v) is 7.06. The molecule has 2 aromatic rings. The van der Waals surface area contributed by atoms with Gasteiger partial charge in [-0.15, -0.1) is 0 Å². The highest BCUT2D eigenvalue weighted by molar-refractivity contribution is 5.68. The molecule has 0 unspecified atom stereocenters. The summed E-state index contributed by atoms with van der Waals surface area (Å²) in [7, 11) is 0. The molecule has 2 aliphatic carbocycles. The monoisotopic (exact) mass is 648 g/mol. The zero-order valence-electron chi connectivity index (χ0n) is 29.5. The number of likely N-dealkylation sites (tertiary alicyclic amines) is 1. The van der Waals surface area contributed by atoms with Crippen molar-refractivity contribution < 1.29 is 19.0 Å². The molecule has 260 valence electrons. The van der Waals surface area contributed by atoms with E-state index >= 15 is 0 Å². The Kier molecular flexibility index (Phi) is 13.9. The van der Waals surface area contributed by atoms with Gasteiger partial charge in [0.15, 0.2) is 0 Å². The lowest BCUT2D eigenvalue weighted by atomic mass is 9.95. The number of amides is 1. The Morgan fingerprint density at radius 2 is 1.38 bits per heavy atom. The van der Waals surface area contributed by atoms with Crippen LogP contribution in [0.2, 0.25) is 0 Å². The molecule has 1 N–H and O–H groups in total. The molecule has 4 aliphatic rings. The molecule has 2 fully saturated rings. The third kappa shape index (κ3) is 12.1. The third-order valence-electron chi connectivity index (χ3n) is 9.72. The van der Waals surface area contributed by atoms with Crippen molar-refractivity contribution in [2.75, 3.05) is 52.6 Å². The van der Waals surface area contributed by atoms with Crippen LogP contribution in [0.5, 0.6) is 0 Å². The number of pyridine rings is 2. The highest BCUT2D eigenvalue weighted by Gasteiger charge is 2.29. The lowest BCUT2D eigenvalue weighted by Crippen LogP contribution is -2.35. The molecular weight excluding hydrogens is 588 g/mol. The van der Waals surface area contributed by atoms with Crippen LogP contribution in [-0.2, 0) is 52.7 Å². The van der Waals surface area contributed by atoms with Crippen molar-refractivity contribution >= 4 is 6.09 Å². The predicted octanol–water partition coefficient (Wildman–Crippen LogP) is 6.69. The van der Waals surface area contributed by atoms with Crippen molar-refractivity contribution in [3.8, 4) is 0 Å². The molecule has 0 saturated carbocycles. The van der Waals surface area contributed by atoms with Crippen LogP contribution in [0.1, 0.15) is 106 Å². The van der Waals surface area contributed by atoms with E-state index in [0.717, 1.165) is 97.0 Å². The molecule has 8 heteroatoms. The summed E-state index contributed by atoms with van der Waals surface area (Å²) in [5, 5.41) is 3.38. The number of hydrogen-bond acceptors (Lipinski definition) is 7. The van der Waals surface area contributed by atoms with Crippen molar-refractivity contribution in [1.29, 1.82) is 0 Å². The number of aryl methyl sites for hydroxylation is 6. The Bertz CT molecular complexity index is 1260. The Morgan fingerprint density at radius 1 is 0.809 bits per heavy atom. The summed E-state index contributed by atoms with van der Waals surface area (Å²) in [6.45, 7) is 12.8. The van der Waals surface area contributed by atoms with E-state index < -0.39 is 5.60 Å². The second kappa shape index (κ2) is 18.3. The van der Waals surface area contributed by atoms with Crippen molar-refractivity contribution in [2.24, 2.45) is 11.8 Å². The van der Waals surface area contributed by atoms with E-state index in [9.17, 15) is 4.79 Å². The van der Waals surface area contributed by atoms with Gasteiger partial charge in [-0.2, -0.15) is 0 Å². The average Bonchev–Trinajstić information content (AvgIpc) is 3.77. The van der Waals surface area contributed by atoms with E-state index in [1.807, 2.05) is 20.8 Å². The van der Waals surface area contributed by atoms with Crippen LogP contribution in [0.3, 0.4) is 0 Å². The first-order valence-electron chi connectivity index (χ1n) is 18.6. The maximum atomic E-state index is 12.1. The smallest absolute Gasteiger partial charge is 0.410 e. The number of aromatic nitrogens is 2. The second-order valence-electron chi connectivity index (χ2n) is 15.0. The zero-order chi connectivity index (χ0) is 32.9. The van der Waals surface area contributed by atoms with Crippen LogP contribution in [0.4, 0.5) is 4.79 Å². The molecule has 0 bridgehead atoms. The molecule has 0 spiro atoms. The van der Waals surface area contributed by atoms with Crippen LogP contribution in [0, 0.1) is 11.8 Å². The van der Waals surface area contributed by atoms with Gasteiger partial charge in [-0.05, 0) is 146 Å². The van der Waals surface area contributed by atoms with Crippen molar-refractivity contribution in [3.63, 3.8) is 0 Å². The van der Waals surface area contributed by atoms with Gasteiger partial charge >= 0.3 is 6.09 Å². The minimum atomic E-state index is -0.434. The molecule has 47 heavy (non-hydrogen) atoms. The predicted molar refractivity (Wildman–Crippen MR) is 187 cm³/mol. The van der Waals surface area contributed by atoms with Crippen molar-refractivity contribution in [2.45, 2.75) is 116 Å². The van der Waals surface area contributed by atoms with Gasteiger partial charge in [-0.3, -0.25) is 9.97 Å². The molecule has 6 rings (SSSR count). The first-order chi connectivity index (χ1) is 22.8. The van der Waals surface area contributed by atoms with Crippen molar-refractivity contribution in [3.05, 3.63) is 58.2 Å². The first kappa shape index (κ1) is 35.7. The average molecular weight is 649 g/mol. The molecule has 2 aromatic heterocycles. The number of hydrogen-bond donors (Lipinski definition) is 1. The summed E-state index contributed by atoms with van der Waals surface area (Å²) >= 11 is 0. The van der Waals surface area contributed by atoms with Gasteiger partial charge in [0, 0.05) is 61.5 Å². The van der Waals surface area contributed by atoms with Crippen LogP contribution in [-0.4, -0.2) is 79.2 Å². The molecule has 1 amide bonds. The fraction of sp³-hybridized carbons (Fsp3) is 0.718. The number of rotatable bonds is 12. The van der Waals surface area contributed by atoms with Crippen molar-refractivity contribution in [1.82, 2.24) is 20.2 Å². The quantitative estimate of drug-likeness (QED) is 0.257. The van der Waals surface area contributed by atoms with E-state index in [0.29, 0.717) is 5.92 Å².